The van der Waals surface area contributed by atoms with Crippen molar-refractivity contribution in [1.29, 1.82) is 0 Å². The molecule has 0 atom stereocenters. The molecule has 0 aromatic heterocycles. The molecule has 0 aliphatic heterocycles. The van der Waals surface area contributed by atoms with Crippen LogP contribution in [0.2, 0.25) is 11.6 Å². The van der Waals surface area contributed by atoms with E-state index in [2.05, 4.69) is 11.6 Å². The molecule has 0 nitrogen and oxygen atoms in total. The van der Waals surface area contributed by atoms with Gasteiger partial charge in [0.1, 0.15) is 0 Å². The van der Waals surface area contributed by atoms with Crippen molar-refractivity contribution in [2.45, 2.75) is 11.6 Å². The van der Waals surface area contributed by atoms with Gasteiger partial charge in [-0.25, -0.2) is 0 Å². The molecule has 0 aromatic carbocycles. The number of hydrogen-bond acceptors (Lipinski definition) is 0. The van der Waals surface area contributed by atoms with Gasteiger partial charge in [0.15, 0.2) is 15.2 Å². The van der Waals surface area contributed by atoms with Crippen molar-refractivity contribution in [2.75, 3.05) is 0 Å². The highest BCUT2D eigenvalue weighted by molar-refractivity contribution is 6.31. The quantitative estimate of drug-likeness (QED) is 0.437. The van der Waals surface area contributed by atoms with E-state index in [0.29, 0.717) is 0 Å². The Labute approximate surface area is 51.9 Å². The van der Waals surface area contributed by atoms with Crippen LogP contribution < -0.4 is 0 Å². The van der Waals surface area contributed by atoms with Crippen LogP contribution in [0.5, 0.6) is 0 Å². The van der Waals surface area contributed by atoms with Crippen LogP contribution in [-0.4, -0.2) is 15.2 Å². The van der Waals surface area contributed by atoms with Crippen LogP contribution in [0.3, 0.4) is 0 Å². The fourth-order valence-corrected chi connectivity index (χ4v) is 0. The van der Waals surface area contributed by atoms with Gasteiger partial charge in [-0.3, -0.25) is 0 Å². The van der Waals surface area contributed by atoms with Crippen molar-refractivity contribution in [3.05, 3.63) is 0 Å². The van der Waals surface area contributed by atoms with Crippen molar-refractivity contribution in [1.82, 2.24) is 0 Å². The Hall–Kier alpha value is 1.11. The fraction of sp³-hybridized carbons (Fsp3) is 1.00. The molecule has 0 aromatic rings. The normalized spacial score (nSPS) is 2.80. The van der Waals surface area contributed by atoms with Crippen LogP contribution in [0, 0.1) is 0 Å². The van der Waals surface area contributed by atoms with Gasteiger partial charge in [-0.15, -0.1) is 36.4 Å². The molecule has 0 aliphatic rings. The molecule has 0 bridgehead atoms. The maximum absolute atomic E-state index is 2.21. The Morgan fingerprint density at radius 3 is 1.00 bits per heavy atom. The predicted octanol–water partition coefficient (Wildman–Crippen LogP) is 1.63. The van der Waals surface area contributed by atoms with Crippen LogP contribution in [0.15, 0.2) is 0 Å². The summed E-state index contributed by atoms with van der Waals surface area (Å²) in [7, 11) is 0. The van der Waals surface area contributed by atoms with E-state index in [4.69, 9.17) is 0 Å². The zero-order chi connectivity index (χ0) is 2.71. The number of halogens is 2. The zero-order valence-corrected chi connectivity index (χ0v) is 6.18. The highest BCUT2D eigenvalue weighted by Crippen LogP contribution is 1.36. The van der Waals surface area contributed by atoms with E-state index in [0.717, 1.165) is 15.2 Å². The lowest BCUT2D eigenvalue weighted by Crippen LogP contribution is -1.53. The van der Waals surface area contributed by atoms with Gasteiger partial charge in [-0.1, -0.05) is 0 Å². The third-order valence-corrected chi connectivity index (χ3v) is 0. The topological polar surface area (TPSA) is 0 Å². The Morgan fingerprint density at radius 2 is 1.00 bits per heavy atom. The molecule has 0 saturated carbocycles. The molecule has 0 aliphatic carbocycles. The summed E-state index contributed by atoms with van der Waals surface area (Å²) in [6.07, 6.45) is 0. The summed E-state index contributed by atoms with van der Waals surface area (Å²) < 4.78 is 0. The van der Waals surface area contributed by atoms with E-state index < -0.39 is 0 Å². The first-order chi connectivity index (χ1) is 1.41. The van der Waals surface area contributed by atoms with Crippen molar-refractivity contribution in [3.63, 3.8) is 0 Å². The molecule has 0 saturated heterocycles. The summed E-state index contributed by atoms with van der Waals surface area (Å²) in [5.74, 6) is 4.42. The second kappa shape index (κ2) is 19.4. The van der Waals surface area contributed by atoms with Gasteiger partial charge in [0.2, 0.25) is 0 Å². The summed E-state index contributed by atoms with van der Waals surface area (Å²) >= 11 is 0.750. The molecule has 3 heteroatoms. The van der Waals surface area contributed by atoms with E-state index in [1.807, 2.05) is 0 Å². The molecular weight excluding hydrogens is 122 g/mol. The lowest BCUT2D eigenvalue weighted by atomic mass is 11.9. The van der Waals surface area contributed by atoms with Gasteiger partial charge < -0.3 is 0 Å². The van der Waals surface area contributed by atoms with Crippen LogP contribution in [-0.2, 0) is 0 Å². The minimum atomic E-state index is 0. The molecule has 33 valence electrons. The van der Waals surface area contributed by atoms with Gasteiger partial charge in [0.05, 0.1) is 0 Å². The Morgan fingerprint density at radius 1 is 1.00 bits per heavy atom. The molecule has 0 N–H and O–H groups in total. The summed E-state index contributed by atoms with van der Waals surface area (Å²) in [6, 6.07) is 0. The smallest absolute Gasteiger partial charge is 0.147 e. The third-order valence-electron chi connectivity index (χ3n) is 0. The largest absolute Gasteiger partial charge is 0.191 e. The van der Waals surface area contributed by atoms with Crippen LogP contribution >= 0.6 is 24.8 Å². The molecule has 1 radical (unpaired) electrons. The molecule has 5 heavy (non-hydrogen) atoms. The summed E-state index contributed by atoms with van der Waals surface area (Å²) in [5, 5.41) is 0. The second-order valence-corrected chi connectivity index (χ2v) is 1.73. The summed E-state index contributed by atoms with van der Waals surface area (Å²) in [4.78, 5) is 0. The van der Waals surface area contributed by atoms with Gasteiger partial charge in [0.25, 0.3) is 0 Å². The van der Waals surface area contributed by atoms with Gasteiger partial charge in [-0.05, 0) is 0 Å². The maximum atomic E-state index is 2.21. The Bertz CT molecular complexity index is 7.61. The highest BCUT2D eigenvalue weighted by atomic mass is 35.5. The van der Waals surface area contributed by atoms with E-state index in [-0.39, 0.29) is 24.8 Å². The molecular formula is C2H8AlCl2. The van der Waals surface area contributed by atoms with Crippen molar-refractivity contribution in [3.8, 4) is 0 Å². The molecule has 0 amide bonds. The average Bonchev–Trinajstić information content (AvgIpc) is 0.918. The van der Waals surface area contributed by atoms with Gasteiger partial charge in [0, 0.05) is 0 Å². The standard InChI is InChI=1S/2CH3.Al.2ClH/h2*1H3;;2*1H. The first kappa shape index (κ1) is 16.5. The predicted molar refractivity (Wildman–Crippen MR) is 32.0 cm³/mol. The van der Waals surface area contributed by atoms with Crippen LogP contribution in [0.25, 0.3) is 0 Å². The van der Waals surface area contributed by atoms with Crippen molar-refractivity contribution < 1.29 is 0 Å². The van der Waals surface area contributed by atoms with E-state index >= 15 is 0 Å². The highest BCUT2D eigenvalue weighted by Gasteiger charge is 1.46. The molecule has 0 heterocycles. The van der Waals surface area contributed by atoms with E-state index in [9.17, 15) is 0 Å². The SMILES string of the molecule is Cl.Cl.[CH3][Al][CH3]. The van der Waals surface area contributed by atoms with E-state index in [1.165, 1.54) is 0 Å². The Kier molecular flexibility index (Phi) is 63.9. The average molecular weight is 130 g/mol. The monoisotopic (exact) mass is 129 g/mol. The first-order valence-electron chi connectivity index (χ1n) is 1.15. The third kappa shape index (κ3) is 40.0. The van der Waals surface area contributed by atoms with Crippen molar-refractivity contribution in [2.24, 2.45) is 0 Å². The minimum absolute atomic E-state index is 0. The summed E-state index contributed by atoms with van der Waals surface area (Å²) in [6.45, 7) is 0. The first-order valence-corrected chi connectivity index (χ1v) is 3.46. The van der Waals surface area contributed by atoms with Gasteiger partial charge in [-0.2, -0.15) is 0 Å². The lowest BCUT2D eigenvalue weighted by molar-refractivity contribution is 2.14. The minimum Gasteiger partial charge on any atom is -0.147 e. The Balaban J connectivity index is -0.0000000200. The summed E-state index contributed by atoms with van der Waals surface area (Å²) in [5.41, 5.74) is 0. The second-order valence-electron chi connectivity index (χ2n) is 0.577. The maximum Gasteiger partial charge on any atom is 0.191 e. The molecule has 0 unspecified atom stereocenters. The zero-order valence-electron chi connectivity index (χ0n) is 3.39. The number of rotatable bonds is 0. The van der Waals surface area contributed by atoms with Crippen LogP contribution in [0.1, 0.15) is 0 Å². The van der Waals surface area contributed by atoms with Crippen molar-refractivity contribution >= 4 is 40.0 Å². The van der Waals surface area contributed by atoms with Crippen LogP contribution in [0.4, 0.5) is 0 Å². The fourth-order valence-electron chi connectivity index (χ4n) is 0. The molecule has 0 rings (SSSR count). The van der Waals surface area contributed by atoms with E-state index in [1.54, 1.807) is 0 Å². The lowest BCUT2D eigenvalue weighted by Gasteiger charge is -1.38. The molecule has 0 fully saturated rings. The number of hydrogen-bond donors (Lipinski definition) is 0. The molecule has 0 spiro atoms. The van der Waals surface area contributed by atoms with Gasteiger partial charge >= 0.3 is 0 Å².